The molecule has 0 aromatic carbocycles. The van der Waals surface area contributed by atoms with Gasteiger partial charge in [-0.25, -0.2) is 18.5 Å². The summed E-state index contributed by atoms with van der Waals surface area (Å²) in [6.45, 7) is -1.29. The van der Waals surface area contributed by atoms with Crippen LogP contribution in [0.5, 0.6) is 0 Å². The lowest BCUT2D eigenvalue weighted by Crippen LogP contribution is -2.54. The second-order valence-corrected chi connectivity index (χ2v) is 11.1. The summed E-state index contributed by atoms with van der Waals surface area (Å²) in [5, 5.41) is 21.4. The van der Waals surface area contributed by atoms with Gasteiger partial charge in [0.1, 0.15) is 11.7 Å². The molecule has 1 aromatic heterocycles. The second kappa shape index (κ2) is 9.46. The quantitative estimate of drug-likeness (QED) is 0.0995. The van der Waals surface area contributed by atoms with Gasteiger partial charge in [-0.15, -0.1) is 18.0 Å². The molecule has 0 spiro atoms. The Morgan fingerprint density at radius 2 is 1.82 bits per heavy atom. The minimum Gasteiger partial charge on any atom is -0.386 e. The number of ether oxygens (including phenoxy) is 1. The molecule has 6 atom stereocenters. The number of terminal acetylenes is 1. The highest BCUT2D eigenvalue weighted by atomic mass is 35.5. The predicted octanol–water partition coefficient (Wildman–Crippen LogP) is -1.89. The summed E-state index contributed by atoms with van der Waals surface area (Å²) >= 11 is 5.78. The fraction of sp³-hybridized carbons (Fsp3) is 0.500. The van der Waals surface area contributed by atoms with E-state index in [4.69, 9.17) is 32.5 Å². The molecule has 1 aliphatic heterocycles. The van der Waals surface area contributed by atoms with Crippen LogP contribution in [0.2, 0.25) is 0 Å². The molecule has 0 saturated carbocycles. The van der Waals surface area contributed by atoms with Gasteiger partial charge in [0.15, 0.2) is 11.8 Å². The van der Waals surface area contributed by atoms with Gasteiger partial charge in [-0.3, -0.25) is 18.9 Å². The molecule has 0 amide bonds. The first-order valence-electron chi connectivity index (χ1n) is 8.12. The first-order chi connectivity index (χ1) is 14.9. The number of aromatic nitrogens is 2. The SMILES string of the molecule is C#C[C@@]1(O)[C@H](O)[C@@](CCl)(COP(=O)(O)OP(=O)(O)OP(=O)(O)O)O[C@H]1n1ccc(=O)[nH]c1=O. The number of phosphoric ester groups is 1. The molecule has 186 valence electrons. The molecule has 1 aliphatic rings. The Morgan fingerprint density at radius 1 is 1.21 bits per heavy atom. The molecule has 1 aromatic rings. The highest BCUT2D eigenvalue weighted by molar-refractivity contribution is 7.66. The lowest BCUT2D eigenvalue weighted by molar-refractivity contribution is -0.115. The van der Waals surface area contributed by atoms with E-state index in [-0.39, 0.29) is 0 Å². The number of nitrogens with one attached hydrogen (secondary N) is 1. The maximum absolute atomic E-state index is 12.1. The molecule has 0 radical (unpaired) electrons. The molecule has 17 nitrogen and oxygen atoms in total. The van der Waals surface area contributed by atoms with Gasteiger partial charge >= 0.3 is 29.2 Å². The van der Waals surface area contributed by atoms with Crippen LogP contribution in [0.15, 0.2) is 21.9 Å². The smallest absolute Gasteiger partial charge is 0.386 e. The van der Waals surface area contributed by atoms with Crippen LogP contribution in [0.3, 0.4) is 0 Å². The van der Waals surface area contributed by atoms with Crippen LogP contribution in [0.25, 0.3) is 0 Å². The van der Waals surface area contributed by atoms with Crippen LogP contribution in [0.4, 0.5) is 0 Å². The Morgan fingerprint density at radius 3 is 2.30 bits per heavy atom. The number of aliphatic hydroxyl groups excluding tert-OH is 1. The Labute approximate surface area is 187 Å². The maximum Gasteiger partial charge on any atom is 0.490 e. The molecule has 7 N–H and O–H groups in total. The third-order valence-electron chi connectivity index (χ3n) is 4.09. The minimum atomic E-state index is -5.84. The average molecular weight is 557 g/mol. The van der Waals surface area contributed by atoms with Gasteiger partial charge in [0.05, 0.1) is 12.5 Å². The summed E-state index contributed by atoms with van der Waals surface area (Å²) in [6, 6.07) is 0.848. The van der Waals surface area contributed by atoms with E-state index < -0.39 is 70.7 Å². The topological polar surface area (TPSA) is 264 Å². The second-order valence-electron chi connectivity index (χ2n) is 6.42. The summed E-state index contributed by atoms with van der Waals surface area (Å²) < 4.78 is 51.6. The van der Waals surface area contributed by atoms with Gasteiger partial charge in [-0.2, -0.15) is 8.62 Å². The number of alkyl halides is 1. The zero-order chi connectivity index (χ0) is 25.5. The molecule has 21 heteroatoms. The van der Waals surface area contributed by atoms with E-state index in [9.17, 15) is 43.3 Å². The predicted molar refractivity (Wildman–Crippen MR) is 105 cm³/mol. The Bertz CT molecular complexity index is 1200. The van der Waals surface area contributed by atoms with Crippen molar-refractivity contribution in [2.45, 2.75) is 23.5 Å². The van der Waals surface area contributed by atoms with Gasteiger partial charge in [0.2, 0.25) is 0 Å². The summed E-state index contributed by atoms with van der Waals surface area (Å²) in [7, 11) is -17.2. The van der Waals surface area contributed by atoms with E-state index in [1.807, 2.05) is 4.98 Å². The standard InChI is InChI=1S/C12H16ClN2O15P3/c1-2-12(19)8(17)11(5-13,28-9(12)15-4-3-7(16)14-10(15)18)6-27-32(23,24)30-33(25,26)29-31(20,21)22/h1,3-4,8-9,17,19H,5-6H2,(H,23,24)(H,25,26)(H,14,16,18)(H2,20,21,22)/t8-,9-,11-,12-/m1/s1. The number of rotatable bonds is 9. The number of nitrogens with zero attached hydrogens (tertiary/aromatic N) is 1. The third-order valence-corrected chi connectivity index (χ3v) is 8.32. The molecule has 2 rings (SSSR count). The number of halogens is 1. The van der Waals surface area contributed by atoms with Crippen LogP contribution in [-0.4, -0.2) is 69.1 Å². The number of hydrogen-bond donors (Lipinski definition) is 7. The molecular weight excluding hydrogens is 541 g/mol. The highest BCUT2D eigenvalue weighted by Gasteiger charge is 2.64. The van der Waals surface area contributed by atoms with Crippen molar-refractivity contribution in [3.63, 3.8) is 0 Å². The van der Waals surface area contributed by atoms with Crippen molar-refractivity contribution in [1.82, 2.24) is 9.55 Å². The summed E-state index contributed by atoms with van der Waals surface area (Å²) in [5.74, 6) is 0.961. The lowest BCUT2D eigenvalue weighted by Gasteiger charge is -2.31. The monoisotopic (exact) mass is 556 g/mol. The minimum absolute atomic E-state index is 0.573. The lowest BCUT2D eigenvalue weighted by atomic mass is 9.88. The van der Waals surface area contributed by atoms with Crippen LogP contribution < -0.4 is 11.2 Å². The van der Waals surface area contributed by atoms with E-state index >= 15 is 0 Å². The van der Waals surface area contributed by atoms with E-state index in [2.05, 4.69) is 13.1 Å². The first-order valence-corrected chi connectivity index (χ1v) is 13.2. The average Bonchev–Trinajstić information content (AvgIpc) is 2.86. The molecule has 1 saturated heterocycles. The third kappa shape index (κ3) is 6.29. The van der Waals surface area contributed by atoms with Gasteiger partial charge < -0.3 is 34.5 Å². The van der Waals surface area contributed by atoms with Crippen LogP contribution in [-0.2, 0) is 31.6 Å². The zero-order valence-electron chi connectivity index (χ0n) is 15.8. The van der Waals surface area contributed by atoms with E-state index in [1.54, 1.807) is 5.92 Å². The highest BCUT2D eigenvalue weighted by Crippen LogP contribution is 2.66. The Balaban J connectivity index is 2.35. The zero-order valence-corrected chi connectivity index (χ0v) is 19.3. The van der Waals surface area contributed by atoms with E-state index in [0.717, 1.165) is 12.3 Å². The van der Waals surface area contributed by atoms with Crippen molar-refractivity contribution in [3.8, 4) is 12.3 Å². The van der Waals surface area contributed by atoms with Crippen molar-refractivity contribution < 1.29 is 61.4 Å². The van der Waals surface area contributed by atoms with Crippen LogP contribution in [0.1, 0.15) is 6.23 Å². The number of hydrogen-bond acceptors (Lipinski definition) is 11. The first kappa shape index (κ1) is 28.1. The van der Waals surface area contributed by atoms with E-state index in [0.29, 0.717) is 4.57 Å². The molecule has 2 unspecified atom stereocenters. The molecule has 2 heterocycles. The van der Waals surface area contributed by atoms with Crippen molar-refractivity contribution in [2.24, 2.45) is 0 Å². The molecular formula is C12H16ClN2O15P3. The number of aromatic amines is 1. The number of H-pyrrole nitrogens is 1. The van der Waals surface area contributed by atoms with Gasteiger partial charge in [-0.1, -0.05) is 5.92 Å². The van der Waals surface area contributed by atoms with Crippen molar-refractivity contribution in [1.29, 1.82) is 0 Å². The molecule has 0 aliphatic carbocycles. The normalized spacial score (nSPS) is 31.5. The summed E-state index contributed by atoms with van der Waals surface area (Å²) in [5.41, 5.74) is -7.05. The van der Waals surface area contributed by atoms with Crippen molar-refractivity contribution in [3.05, 3.63) is 33.1 Å². The fourth-order valence-electron chi connectivity index (χ4n) is 2.69. The van der Waals surface area contributed by atoms with Crippen LogP contribution in [0, 0.1) is 12.3 Å². The molecule has 1 fully saturated rings. The number of phosphoric acid groups is 3. The summed E-state index contributed by atoms with van der Waals surface area (Å²) in [4.78, 5) is 61.1. The summed E-state index contributed by atoms with van der Waals surface area (Å²) in [6.07, 6.45) is 1.96. The Hall–Kier alpha value is -1.18. The van der Waals surface area contributed by atoms with Gasteiger partial charge in [0, 0.05) is 12.3 Å². The molecule has 33 heavy (non-hydrogen) atoms. The molecule has 0 bridgehead atoms. The Kier molecular flexibility index (Phi) is 8.05. The fourth-order valence-corrected chi connectivity index (χ4v) is 6.06. The maximum atomic E-state index is 12.1. The number of aliphatic hydroxyl groups is 2. The van der Waals surface area contributed by atoms with Crippen molar-refractivity contribution in [2.75, 3.05) is 12.5 Å². The van der Waals surface area contributed by atoms with E-state index in [1.165, 1.54) is 0 Å². The van der Waals surface area contributed by atoms with Gasteiger partial charge in [-0.05, 0) is 0 Å². The van der Waals surface area contributed by atoms with Crippen LogP contribution >= 0.6 is 35.1 Å². The largest absolute Gasteiger partial charge is 0.490 e. The van der Waals surface area contributed by atoms with Crippen molar-refractivity contribution >= 4 is 35.1 Å². The van der Waals surface area contributed by atoms with Gasteiger partial charge in [0.25, 0.3) is 5.56 Å².